The fourth-order valence-corrected chi connectivity index (χ4v) is 2.57. The lowest BCUT2D eigenvalue weighted by atomic mass is 10.1. The molecule has 144 valence electrons. The summed E-state index contributed by atoms with van der Waals surface area (Å²) in [4.78, 5) is 24.3. The van der Waals surface area contributed by atoms with Crippen LogP contribution in [-0.2, 0) is 4.79 Å². The lowest BCUT2D eigenvalue weighted by molar-refractivity contribution is -0.114. The standard InChI is InChI=1S/C20H24ClN3O3/c1-4-13(2)23-20(26)14-6-5-7-15(10-14)22-12-19(25)24-16-8-9-18(27-3)17(21)11-16/h5-11,13,22H,4,12H2,1-3H3,(H,23,26)(H,24,25). The van der Waals surface area contributed by atoms with E-state index in [0.717, 1.165) is 6.42 Å². The normalized spacial score (nSPS) is 11.4. The first-order valence-corrected chi connectivity index (χ1v) is 9.09. The third kappa shape index (κ3) is 6.18. The lowest BCUT2D eigenvalue weighted by Gasteiger charge is -2.13. The molecule has 6 nitrogen and oxygen atoms in total. The van der Waals surface area contributed by atoms with Gasteiger partial charge >= 0.3 is 0 Å². The van der Waals surface area contributed by atoms with Crippen molar-refractivity contribution in [3.8, 4) is 5.75 Å². The van der Waals surface area contributed by atoms with E-state index in [-0.39, 0.29) is 24.4 Å². The monoisotopic (exact) mass is 389 g/mol. The van der Waals surface area contributed by atoms with Gasteiger partial charge in [-0.3, -0.25) is 9.59 Å². The highest BCUT2D eigenvalue weighted by Gasteiger charge is 2.10. The number of methoxy groups -OCH3 is 1. The minimum absolute atomic E-state index is 0.0556. The molecule has 7 heteroatoms. The van der Waals surface area contributed by atoms with Crippen LogP contribution in [0.1, 0.15) is 30.6 Å². The molecule has 0 aliphatic rings. The summed E-state index contributed by atoms with van der Waals surface area (Å²) in [5, 5.41) is 9.11. The number of rotatable bonds is 8. The van der Waals surface area contributed by atoms with Gasteiger partial charge in [0.2, 0.25) is 5.91 Å². The molecule has 2 aromatic rings. The highest BCUT2D eigenvalue weighted by atomic mass is 35.5. The van der Waals surface area contributed by atoms with Crippen molar-refractivity contribution in [2.75, 3.05) is 24.3 Å². The molecule has 2 rings (SSSR count). The highest BCUT2D eigenvalue weighted by molar-refractivity contribution is 6.32. The number of ether oxygens (including phenoxy) is 1. The Balaban J connectivity index is 1.92. The van der Waals surface area contributed by atoms with Crippen molar-refractivity contribution in [3.63, 3.8) is 0 Å². The average molecular weight is 390 g/mol. The summed E-state index contributed by atoms with van der Waals surface area (Å²) >= 11 is 6.05. The van der Waals surface area contributed by atoms with E-state index in [2.05, 4.69) is 16.0 Å². The van der Waals surface area contributed by atoms with Gasteiger partial charge in [0.15, 0.2) is 0 Å². The van der Waals surface area contributed by atoms with Crippen molar-refractivity contribution in [2.45, 2.75) is 26.3 Å². The summed E-state index contributed by atoms with van der Waals surface area (Å²) in [6, 6.07) is 12.2. The zero-order valence-electron chi connectivity index (χ0n) is 15.6. The molecule has 2 amide bonds. The Kier molecular flexibility index (Phi) is 7.49. The third-order valence-electron chi connectivity index (χ3n) is 4.00. The van der Waals surface area contributed by atoms with Crippen LogP contribution in [0.15, 0.2) is 42.5 Å². The van der Waals surface area contributed by atoms with Gasteiger partial charge in [0.25, 0.3) is 5.91 Å². The molecule has 2 aromatic carbocycles. The summed E-state index contributed by atoms with van der Waals surface area (Å²) in [5.41, 5.74) is 1.81. The van der Waals surface area contributed by atoms with Crippen molar-refractivity contribution in [3.05, 3.63) is 53.1 Å². The highest BCUT2D eigenvalue weighted by Crippen LogP contribution is 2.27. The first-order chi connectivity index (χ1) is 12.9. The molecule has 0 spiro atoms. The zero-order chi connectivity index (χ0) is 19.8. The summed E-state index contributed by atoms with van der Waals surface area (Å²) < 4.78 is 5.08. The number of benzene rings is 2. The fraction of sp³-hybridized carbons (Fsp3) is 0.300. The Morgan fingerprint density at radius 3 is 2.59 bits per heavy atom. The Hall–Kier alpha value is -2.73. The largest absolute Gasteiger partial charge is 0.495 e. The van der Waals surface area contributed by atoms with Crippen LogP contribution in [0.4, 0.5) is 11.4 Å². The number of carbonyl (C=O) groups is 2. The molecule has 1 atom stereocenters. The van der Waals surface area contributed by atoms with Gasteiger partial charge in [-0.05, 0) is 49.7 Å². The maximum absolute atomic E-state index is 12.2. The molecule has 0 saturated carbocycles. The minimum atomic E-state index is -0.231. The average Bonchev–Trinajstić information content (AvgIpc) is 2.66. The van der Waals surface area contributed by atoms with E-state index in [0.29, 0.717) is 27.7 Å². The van der Waals surface area contributed by atoms with Crippen molar-refractivity contribution < 1.29 is 14.3 Å². The van der Waals surface area contributed by atoms with Gasteiger partial charge in [0.05, 0.1) is 18.7 Å². The van der Waals surface area contributed by atoms with Crippen LogP contribution in [-0.4, -0.2) is 31.5 Å². The second kappa shape index (κ2) is 9.83. The minimum Gasteiger partial charge on any atom is -0.495 e. The van der Waals surface area contributed by atoms with Crippen LogP contribution >= 0.6 is 11.6 Å². The Bertz CT molecular complexity index is 811. The molecule has 0 aliphatic heterocycles. The number of halogens is 1. The molecule has 3 N–H and O–H groups in total. The molecule has 0 aliphatic carbocycles. The van der Waals surface area contributed by atoms with Crippen LogP contribution < -0.4 is 20.7 Å². The Morgan fingerprint density at radius 2 is 1.93 bits per heavy atom. The maximum Gasteiger partial charge on any atom is 0.251 e. The maximum atomic E-state index is 12.2. The lowest BCUT2D eigenvalue weighted by Crippen LogP contribution is -2.31. The number of anilines is 2. The van der Waals surface area contributed by atoms with E-state index in [4.69, 9.17) is 16.3 Å². The number of hydrogen-bond donors (Lipinski definition) is 3. The second-order valence-electron chi connectivity index (χ2n) is 6.11. The molecular weight excluding hydrogens is 366 g/mol. The molecule has 1 unspecified atom stereocenters. The van der Waals surface area contributed by atoms with E-state index in [1.165, 1.54) is 7.11 Å². The third-order valence-corrected chi connectivity index (χ3v) is 4.30. The molecule has 0 fully saturated rings. The quantitative estimate of drug-likeness (QED) is 0.639. The van der Waals surface area contributed by atoms with E-state index in [1.807, 2.05) is 13.8 Å². The van der Waals surface area contributed by atoms with Crippen molar-refractivity contribution in [2.24, 2.45) is 0 Å². The number of carbonyl (C=O) groups excluding carboxylic acids is 2. The predicted octanol–water partition coefficient (Wildman–Crippen LogP) is 3.93. The summed E-state index contributed by atoms with van der Waals surface area (Å²) in [5.74, 6) is 0.177. The van der Waals surface area contributed by atoms with Crippen LogP contribution in [0, 0.1) is 0 Å². The predicted molar refractivity (Wildman–Crippen MR) is 109 cm³/mol. The first-order valence-electron chi connectivity index (χ1n) is 8.71. The van der Waals surface area contributed by atoms with Gasteiger partial charge in [-0.15, -0.1) is 0 Å². The first kappa shape index (κ1) is 20.6. The van der Waals surface area contributed by atoms with Crippen molar-refractivity contribution in [1.29, 1.82) is 0 Å². The van der Waals surface area contributed by atoms with Crippen molar-refractivity contribution >= 4 is 34.8 Å². The van der Waals surface area contributed by atoms with Gasteiger partial charge in [-0.1, -0.05) is 24.6 Å². The number of nitrogens with one attached hydrogen (secondary N) is 3. The van der Waals surface area contributed by atoms with E-state index < -0.39 is 0 Å². The molecule has 27 heavy (non-hydrogen) atoms. The van der Waals surface area contributed by atoms with Crippen LogP contribution in [0.5, 0.6) is 5.75 Å². The van der Waals surface area contributed by atoms with Crippen molar-refractivity contribution in [1.82, 2.24) is 5.32 Å². The smallest absolute Gasteiger partial charge is 0.251 e. The summed E-state index contributed by atoms with van der Waals surface area (Å²) in [6.07, 6.45) is 0.860. The van der Waals surface area contributed by atoms with Gasteiger partial charge in [-0.2, -0.15) is 0 Å². The zero-order valence-corrected chi connectivity index (χ0v) is 16.4. The van der Waals surface area contributed by atoms with E-state index in [9.17, 15) is 9.59 Å². The molecule has 0 saturated heterocycles. The fourth-order valence-electron chi connectivity index (χ4n) is 2.31. The Labute approximate surface area is 164 Å². The van der Waals surface area contributed by atoms with Gasteiger partial charge in [0, 0.05) is 23.0 Å². The topological polar surface area (TPSA) is 79.5 Å². The second-order valence-corrected chi connectivity index (χ2v) is 6.52. The summed E-state index contributed by atoms with van der Waals surface area (Å²) in [7, 11) is 1.53. The van der Waals surface area contributed by atoms with Crippen LogP contribution in [0.25, 0.3) is 0 Å². The van der Waals surface area contributed by atoms with Gasteiger partial charge < -0.3 is 20.7 Å². The van der Waals surface area contributed by atoms with Gasteiger partial charge in [0.1, 0.15) is 5.75 Å². The number of amides is 2. The van der Waals surface area contributed by atoms with E-state index in [1.54, 1.807) is 42.5 Å². The molecule has 0 radical (unpaired) electrons. The van der Waals surface area contributed by atoms with Crippen LogP contribution in [0.2, 0.25) is 5.02 Å². The summed E-state index contributed by atoms with van der Waals surface area (Å²) in [6.45, 7) is 4.02. The van der Waals surface area contributed by atoms with Crippen LogP contribution in [0.3, 0.4) is 0 Å². The SMILES string of the molecule is CCC(C)NC(=O)c1cccc(NCC(=O)Nc2ccc(OC)c(Cl)c2)c1. The molecule has 0 heterocycles. The molecule has 0 aromatic heterocycles. The van der Waals surface area contributed by atoms with Gasteiger partial charge in [-0.25, -0.2) is 0 Å². The van der Waals surface area contributed by atoms with E-state index >= 15 is 0 Å². The molecular formula is C20H24ClN3O3. The molecule has 0 bridgehead atoms. The Morgan fingerprint density at radius 1 is 1.15 bits per heavy atom. The number of hydrogen-bond acceptors (Lipinski definition) is 4.